The highest BCUT2D eigenvalue weighted by Crippen LogP contribution is 2.06. The van der Waals surface area contributed by atoms with E-state index in [9.17, 15) is 9.18 Å². The minimum Gasteiger partial charge on any atom is -0.480 e. The van der Waals surface area contributed by atoms with E-state index in [4.69, 9.17) is 5.11 Å². The number of rotatable bonds is 5. The quantitative estimate of drug-likeness (QED) is 0.803. The van der Waals surface area contributed by atoms with Crippen LogP contribution in [0.15, 0.2) is 24.3 Å². The molecule has 1 unspecified atom stereocenters. The number of carbonyl (C=O) groups is 1. The van der Waals surface area contributed by atoms with Crippen molar-refractivity contribution < 1.29 is 14.3 Å². The number of carboxylic acid groups (broad SMARTS) is 1. The van der Waals surface area contributed by atoms with Crippen molar-refractivity contribution in [3.05, 3.63) is 35.6 Å². The van der Waals surface area contributed by atoms with E-state index in [1.807, 2.05) is 13.8 Å². The van der Waals surface area contributed by atoms with E-state index in [1.165, 1.54) is 12.1 Å². The summed E-state index contributed by atoms with van der Waals surface area (Å²) < 4.78 is 12.7. The third-order valence-corrected chi connectivity index (χ3v) is 2.19. The molecule has 2 N–H and O–H groups in total. The zero-order chi connectivity index (χ0) is 12.1. The highest BCUT2D eigenvalue weighted by atomic mass is 19.1. The van der Waals surface area contributed by atoms with E-state index in [1.54, 1.807) is 12.1 Å². The molecule has 0 saturated carbocycles. The largest absolute Gasteiger partial charge is 0.480 e. The number of halogens is 1. The summed E-state index contributed by atoms with van der Waals surface area (Å²) in [7, 11) is 0. The number of nitrogens with one attached hydrogen (secondary N) is 1. The van der Waals surface area contributed by atoms with Gasteiger partial charge >= 0.3 is 5.97 Å². The Kier molecular flexibility index (Phi) is 4.43. The Morgan fingerprint density at radius 2 is 1.94 bits per heavy atom. The fraction of sp³-hybridized carbons (Fsp3) is 0.417. The van der Waals surface area contributed by atoms with Gasteiger partial charge in [-0.3, -0.25) is 4.79 Å². The maximum atomic E-state index is 12.7. The highest BCUT2D eigenvalue weighted by molar-refractivity contribution is 5.73. The second-order valence-electron chi connectivity index (χ2n) is 4.04. The zero-order valence-electron chi connectivity index (χ0n) is 9.40. The van der Waals surface area contributed by atoms with Gasteiger partial charge < -0.3 is 10.4 Å². The summed E-state index contributed by atoms with van der Waals surface area (Å²) in [6.45, 7) is 3.78. The number of aliphatic carboxylic acids is 1. The van der Waals surface area contributed by atoms with E-state index >= 15 is 0 Å². The van der Waals surface area contributed by atoms with Gasteiger partial charge in [-0.2, -0.15) is 0 Å². The lowest BCUT2D eigenvalue weighted by molar-refractivity contribution is -0.139. The number of benzene rings is 1. The molecule has 0 fully saturated rings. The SMILES string of the molecule is CC(C)NC(Cc1ccc(F)cc1)C(=O)O. The van der Waals surface area contributed by atoms with Crippen molar-refractivity contribution >= 4 is 5.97 Å². The molecule has 0 aliphatic carbocycles. The first-order valence-corrected chi connectivity index (χ1v) is 5.22. The van der Waals surface area contributed by atoms with Crippen LogP contribution >= 0.6 is 0 Å². The van der Waals surface area contributed by atoms with Crippen molar-refractivity contribution in [3.8, 4) is 0 Å². The van der Waals surface area contributed by atoms with Gasteiger partial charge in [0.15, 0.2) is 0 Å². The minimum atomic E-state index is -0.891. The van der Waals surface area contributed by atoms with E-state index in [2.05, 4.69) is 5.32 Å². The van der Waals surface area contributed by atoms with Crippen LogP contribution in [-0.2, 0) is 11.2 Å². The molecule has 4 heteroatoms. The van der Waals surface area contributed by atoms with Crippen LogP contribution in [-0.4, -0.2) is 23.2 Å². The van der Waals surface area contributed by atoms with E-state index in [0.29, 0.717) is 6.42 Å². The van der Waals surface area contributed by atoms with Crippen molar-refractivity contribution in [3.63, 3.8) is 0 Å². The second kappa shape index (κ2) is 5.61. The van der Waals surface area contributed by atoms with Gasteiger partial charge in [0.25, 0.3) is 0 Å². The molecule has 0 radical (unpaired) electrons. The van der Waals surface area contributed by atoms with Crippen molar-refractivity contribution in [2.24, 2.45) is 0 Å². The molecule has 1 aromatic rings. The molecule has 3 nitrogen and oxygen atoms in total. The summed E-state index contributed by atoms with van der Waals surface area (Å²) in [5.74, 6) is -1.20. The van der Waals surface area contributed by atoms with E-state index in [-0.39, 0.29) is 11.9 Å². The molecule has 1 atom stereocenters. The normalized spacial score (nSPS) is 12.8. The molecule has 1 aromatic carbocycles. The first kappa shape index (κ1) is 12.6. The molecule has 0 amide bonds. The standard InChI is InChI=1S/C12H16FNO2/c1-8(2)14-11(12(15)16)7-9-3-5-10(13)6-4-9/h3-6,8,11,14H,7H2,1-2H3,(H,15,16). The Morgan fingerprint density at radius 1 is 1.38 bits per heavy atom. The van der Waals surface area contributed by atoms with Gasteiger partial charge in [0, 0.05) is 6.04 Å². The van der Waals surface area contributed by atoms with Gasteiger partial charge in [0.1, 0.15) is 11.9 Å². The van der Waals surface area contributed by atoms with Crippen LogP contribution in [0.4, 0.5) is 4.39 Å². The smallest absolute Gasteiger partial charge is 0.321 e. The highest BCUT2D eigenvalue weighted by Gasteiger charge is 2.18. The summed E-state index contributed by atoms with van der Waals surface area (Å²) in [6.07, 6.45) is 0.355. The van der Waals surface area contributed by atoms with Crippen LogP contribution in [0.25, 0.3) is 0 Å². The molecule has 0 bridgehead atoms. The van der Waals surface area contributed by atoms with Crippen molar-refractivity contribution in [2.75, 3.05) is 0 Å². The second-order valence-corrected chi connectivity index (χ2v) is 4.04. The summed E-state index contributed by atoms with van der Waals surface area (Å²) in [6, 6.07) is 5.35. The lowest BCUT2D eigenvalue weighted by Crippen LogP contribution is -2.42. The molecule has 0 aromatic heterocycles. The zero-order valence-corrected chi connectivity index (χ0v) is 9.40. The lowest BCUT2D eigenvalue weighted by atomic mass is 10.1. The minimum absolute atomic E-state index is 0.0987. The summed E-state index contributed by atoms with van der Waals surface area (Å²) in [5.41, 5.74) is 0.807. The van der Waals surface area contributed by atoms with Crippen molar-refractivity contribution in [1.82, 2.24) is 5.32 Å². The summed E-state index contributed by atoms with van der Waals surface area (Å²) in [4.78, 5) is 11.0. The average Bonchev–Trinajstić information content (AvgIpc) is 2.19. The van der Waals surface area contributed by atoms with Crippen LogP contribution < -0.4 is 5.32 Å². The van der Waals surface area contributed by atoms with Gasteiger partial charge in [-0.1, -0.05) is 26.0 Å². The van der Waals surface area contributed by atoms with Crippen LogP contribution in [0.2, 0.25) is 0 Å². The molecule has 0 aliphatic rings. The molecule has 16 heavy (non-hydrogen) atoms. The molecule has 1 rings (SSSR count). The maximum absolute atomic E-state index is 12.7. The van der Waals surface area contributed by atoms with Crippen LogP contribution in [0.1, 0.15) is 19.4 Å². The van der Waals surface area contributed by atoms with Crippen LogP contribution in [0.3, 0.4) is 0 Å². The van der Waals surface area contributed by atoms with Gasteiger partial charge in [-0.05, 0) is 24.1 Å². The van der Waals surface area contributed by atoms with Crippen molar-refractivity contribution in [2.45, 2.75) is 32.4 Å². The van der Waals surface area contributed by atoms with Gasteiger partial charge in [0.05, 0.1) is 0 Å². The Hall–Kier alpha value is -1.42. The summed E-state index contributed by atoms with van der Waals surface area (Å²) in [5, 5.41) is 12.0. The molecule has 0 spiro atoms. The third-order valence-electron chi connectivity index (χ3n) is 2.19. The molecular weight excluding hydrogens is 209 g/mol. The van der Waals surface area contributed by atoms with Gasteiger partial charge in [0.2, 0.25) is 0 Å². The first-order chi connectivity index (χ1) is 7.49. The molecule has 0 aliphatic heterocycles. The van der Waals surface area contributed by atoms with Gasteiger partial charge in [-0.15, -0.1) is 0 Å². The average molecular weight is 225 g/mol. The maximum Gasteiger partial charge on any atom is 0.321 e. The first-order valence-electron chi connectivity index (χ1n) is 5.22. The Labute approximate surface area is 94.3 Å². The number of hydrogen-bond acceptors (Lipinski definition) is 2. The number of carboxylic acids is 1. The summed E-state index contributed by atoms with van der Waals surface area (Å²) >= 11 is 0. The predicted octanol–water partition coefficient (Wildman–Crippen LogP) is 1.82. The van der Waals surface area contributed by atoms with Gasteiger partial charge in [-0.25, -0.2) is 4.39 Å². The Bertz CT molecular complexity index is 349. The monoisotopic (exact) mass is 225 g/mol. The molecule has 88 valence electrons. The van der Waals surface area contributed by atoms with Crippen LogP contribution in [0, 0.1) is 5.82 Å². The van der Waals surface area contributed by atoms with E-state index in [0.717, 1.165) is 5.56 Å². The third kappa shape index (κ3) is 3.98. The van der Waals surface area contributed by atoms with Crippen molar-refractivity contribution in [1.29, 1.82) is 0 Å². The number of hydrogen-bond donors (Lipinski definition) is 2. The Morgan fingerprint density at radius 3 is 2.38 bits per heavy atom. The van der Waals surface area contributed by atoms with E-state index < -0.39 is 12.0 Å². The van der Waals surface area contributed by atoms with Crippen LogP contribution in [0.5, 0.6) is 0 Å². The fourth-order valence-corrected chi connectivity index (χ4v) is 1.48. The molecule has 0 saturated heterocycles. The molecule has 0 heterocycles. The predicted molar refractivity (Wildman–Crippen MR) is 59.8 cm³/mol. The lowest BCUT2D eigenvalue weighted by Gasteiger charge is -2.17. The topological polar surface area (TPSA) is 49.3 Å². The molecular formula is C12H16FNO2. The fourth-order valence-electron chi connectivity index (χ4n) is 1.48. The Balaban J connectivity index is 2.68.